The number of aromatic hydroxyl groups is 1. The maximum atomic E-state index is 12.1. The molecule has 0 saturated carbocycles. The minimum absolute atomic E-state index is 0.0658. The van der Waals surface area contributed by atoms with Crippen LogP contribution in [-0.2, 0) is 6.42 Å². The number of anilines is 1. The Labute approximate surface area is 123 Å². The van der Waals surface area contributed by atoms with Gasteiger partial charge in [0.25, 0.3) is 5.56 Å². The van der Waals surface area contributed by atoms with E-state index in [-0.39, 0.29) is 17.4 Å². The van der Waals surface area contributed by atoms with E-state index in [9.17, 15) is 9.90 Å². The molecule has 0 bridgehead atoms. The topological polar surface area (TPSA) is 69.2 Å². The molecule has 21 heavy (non-hydrogen) atoms. The van der Waals surface area contributed by atoms with Crippen LogP contribution in [0.25, 0.3) is 11.4 Å². The fourth-order valence-corrected chi connectivity index (χ4v) is 2.84. The number of rotatable bonds is 2. The van der Waals surface area contributed by atoms with E-state index in [2.05, 4.69) is 21.9 Å². The number of benzene rings is 1. The number of nitrogens with zero attached hydrogens (tertiary/aromatic N) is 2. The molecule has 0 spiro atoms. The van der Waals surface area contributed by atoms with Crippen molar-refractivity contribution >= 4 is 5.69 Å². The van der Waals surface area contributed by atoms with Gasteiger partial charge in [0, 0.05) is 24.8 Å². The second-order valence-electron chi connectivity index (χ2n) is 5.82. The average molecular weight is 285 g/mol. The van der Waals surface area contributed by atoms with Crippen molar-refractivity contribution in [3.63, 3.8) is 0 Å². The third-order valence-electron chi connectivity index (χ3n) is 3.99. The summed E-state index contributed by atoms with van der Waals surface area (Å²) in [4.78, 5) is 21.2. The van der Waals surface area contributed by atoms with E-state index in [1.165, 1.54) is 11.3 Å². The Kier molecular flexibility index (Phi) is 3.20. The first-order valence-electron chi connectivity index (χ1n) is 7.15. The van der Waals surface area contributed by atoms with Gasteiger partial charge in [0.05, 0.1) is 5.56 Å². The summed E-state index contributed by atoms with van der Waals surface area (Å²) in [7, 11) is 2.06. The van der Waals surface area contributed by atoms with Crippen LogP contribution in [0, 0.1) is 0 Å². The number of likely N-dealkylation sites (N-methyl/N-ethyl adjacent to an activating group) is 1. The predicted octanol–water partition coefficient (Wildman–Crippen LogP) is 2.26. The molecule has 1 aliphatic rings. The van der Waals surface area contributed by atoms with Crippen LogP contribution >= 0.6 is 0 Å². The summed E-state index contributed by atoms with van der Waals surface area (Å²) in [5.41, 5.74) is 3.34. The molecular formula is C16H19N3O2. The molecule has 3 rings (SSSR count). The normalized spacial score (nSPS) is 13.8. The Hall–Kier alpha value is -2.30. The maximum Gasteiger partial charge on any atom is 0.258 e. The van der Waals surface area contributed by atoms with Crippen molar-refractivity contribution in [2.75, 3.05) is 18.5 Å². The van der Waals surface area contributed by atoms with E-state index in [0.717, 1.165) is 18.5 Å². The smallest absolute Gasteiger partial charge is 0.258 e. The van der Waals surface area contributed by atoms with Crippen LogP contribution in [0.5, 0.6) is 5.88 Å². The Morgan fingerprint density at radius 1 is 1.38 bits per heavy atom. The Bertz CT molecular complexity index is 750. The van der Waals surface area contributed by atoms with Crippen molar-refractivity contribution < 1.29 is 5.11 Å². The number of nitrogens with one attached hydrogen (secondary N) is 1. The lowest BCUT2D eigenvalue weighted by molar-refractivity contribution is 0.440. The van der Waals surface area contributed by atoms with Crippen LogP contribution in [0.3, 0.4) is 0 Å². The van der Waals surface area contributed by atoms with E-state index < -0.39 is 0 Å². The molecule has 0 unspecified atom stereocenters. The highest BCUT2D eigenvalue weighted by Gasteiger charge is 2.18. The summed E-state index contributed by atoms with van der Waals surface area (Å²) in [5.74, 6) is 0.171. The summed E-state index contributed by atoms with van der Waals surface area (Å²) in [5, 5.41) is 10.0. The fraction of sp³-hybridized carbons (Fsp3) is 0.375. The van der Waals surface area contributed by atoms with Gasteiger partial charge < -0.3 is 15.0 Å². The molecule has 2 aromatic rings. The minimum Gasteiger partial charge on any atom is -0.493 e. The molecule has 1 aromatic heterocycles. The summed E-state index contributed by atoms with van der Waals surface area (Å²) in [6, 6.07) is 5.99. The van der Waals surface area contributed by atoms with Gasteiger partial charge in [0.1, 0.15) is 5.82 Å². The molecule has 0 aliphatic carbocycles. The van der Waals surface area contributed by atoms with Gasteiger partial charge in [-0.1, -0.05) is 13.8 Å². The van der Waals surface area contributed by atoms with Gasteiger partial charge in [-0.15, -0.1) is 0 Å². The highest BCUT2D eigenvalue weighted by molar-refractivity contribution is 5.67. The number of aromatic amines is 1. The molecule has 1 aliphatic heterocycles. The molecule has 5 nitrogen and oxygen atoms in total. The lowest BCUT2D eigenvalue weighted by atomic mass is 10.1. The fourth-order valence-electron chi connectivity index (χ4n) is 2.84. The predicted molar refractivity (Wildman–Crippen MR) is 83.0 cm³/mol. The zero-order chi connectivity index (χ0) is 15.1. The number of H-pyrrole nitrogens is 1. The zero-order valence-electron chi connectivity index (χ0n) is 12.5. The highest BCUT2D eigenvalue weighted by atomic mass is 16.3. The lowest BCUT2D eigenvalue weighted by Gasteiger charge is -2.12. The number of aromatic nitrogens is 2. The zero-order valence-corrected chi connectivity index (χ0v) is 12.5. The molecule has 2 N–H and O–H groups in total. The largest absolute Gasteiger partial charge is 0.493 e. The molecule has 110 valence electrons. The lowest BCUT2D eigenvalue weighted by Crippen LogP contribution is -2.16. The van der Waals surface area contributed by atoms with E-state index in [4.69, 9.17) is 0 Å². The maximum absolute atomic E-state index is 12.1. The Morgan fingerprint density at radius 2 is 2.14 bits per heavy atom. The van der Waals surface area contributed by atoms with Gasteiger partial charge in [-0.2, -0.15) is 4.98 Å². The summed E-state index contributed by atoms with van der Waals surface area (Å²) in [6.07, 6.45) is 0.986. The van der Waals surface area contributed by atoms with Gasteiger partial charge >= 0.3 is 0 Å². The standard InChI is InChI=1S/C16H19N3O2/c1-9(2)13-15(20)17-14(18-16(13)21)11-4-5-12-10(8-11)6-7-19(12)3/h4-5,8-9H,6-7H2,1-3H3,(H2,17,18,20,21). The molecule has 1 aromatic carbocycles. The summed E-state index contributed by atoms with van der Waals surface area (Å²) in [6.45, 7) is 4.72. The van der Waals surface area contributed by atoms with Crippen LogP contribution in [0.1, 0.15) is 30.9 Å². The van der Waals surface area contributed by atoms with Crippen LogP contribution in [0.4, 0.5) is 5.69 Å². The molecule has 0 amide bonds. The Morgan fingerprint density at radius 3 is 2.81 bits per heavy atom. The van der Waals surface area contributed by atoms with Crippen LogP contribution in [0.2, 0.25) is 0 Å². The first kappa shape index (κ1) is 13.7. The molecule has 2 heterocycles. The van der Waals surface area contributed by atoms with Crippen molar-refractivity contribution in [2.24, 2.45) is 0 Å². The van der Waals surface area contributed by atoms with Crippen molar-refractivity contribution in [3.05, 3.63) is 39.7 Å². The monoisotopic (exact) mass is 285 g/mol. The van der Waals surface area contributed by atoms with Crippen molar-refractivity contribution in [3.8, 4) is 17.3 Å². The van der Waals surface area contributed by atoms with E-state index in [0.29, 0.717) is 11.4 Å². The van der Waals surface area contributed by atoms with Crippen molar-refractivity contribution in [1.29, 1.82) is 0 Å². The third kappa shape index (κ3) is 2.28. The molecule has 0 fully saturated rings. The Balaban J connectivity index is 2.08. The second kappa shape index (κ2) is 4.91. The average Bonchev–Trinajstić information content (AvgIpc) is 2.78. The van der Waals surface area contributed by atoms with Gasteiger partial charge in [0.15, 0.2) is 0 Å². The van der Waals surface area contributed by atoms with E-state index >= 15 is 0 Å². The van der Waals surface area contributed by atoms with Crippen LogP contribution < -0.4 is 10.5 Å². The van der Waals surface area contributed by atoms with Gasteiger partial charge in [-0.25, -0.2) is 0 Å². The third-order valence-corrected chi connectivity index (χ3v) is 3.99. The number of hydrogen-bond acceptors (Lipinski definition) is 4. The minimum atomic E-state index is -0.273. The van der Waals surface area contributed by atoms with Gasteiger partial charge in [0.2, 0.25) is 5.88 Å². The number of hydrogen-bond donors (Lipinski definition) is 2. The quantitative estimate of drug-likeness (QED) is 0.888. The number of fused-ring (bicyclic) bond motifs is 1. The van der Waals surface area contributed by atoms with E-state index in [1.54, 1.807) is 0 Å². The van der Waals surface area contributed by atoms with Crippen LogP contribution in [0.15, 0.2) is 23.0 Å². The summed E-state index contributed by atoms with van der Waals surface area (Å²) < 4.78 is 0. The van der Waals surface area contributed by atoms with Gasteiger partial charge in [-0.05, 0) is 36.1 Å². The van der Waals surface area contributed by atoms with Crippen LogP contribution in [-0.4, -0.2) is 28.7 Å². The molecule has 0 atom stereocenters. The molecular weight excluding hydrogens is 266 g/mol. The molecule has 0 radical (unpaired) electrons. The molecule has 5 heteroatoms. The molecule has 0 saturated heterocycles. The van der Waals surface area contributed by atoms with E-state index in [1.807, 2.05) is 32.0 Å². The first-order chi connectivity index (χ1) is 9.97. The SMILES string of the molecule is CC(C)c1c(O)nc(-c2ccc3c(c2)CCN3C)[nH]c1=O. The van der Waals surface area contributed by atoms with Crippen molar-refractivity contribution in [2.45, 2.75) is 26.2 Å². The second-order valence-corrected chi connectivity index (χ2v) is 5.82. The summed E-state index contributed by atoms with van der Waals surface area (Å²) >= 11 is 0. The first-order valence-corrected chi connectivity index (χ1v) is 7.15. The highest BCUT2D eigenvalue weighted by Crippen LogP contribution is 2.30. The van der Waals surface area contributed by atoms with Crippen molar-refractivity contribution in [1.82, 2.24) is 9.97 Å². The van der Waals surface area contributed by atoms with Gasteiger partial charge in [-0.3, -0.25) is 4.79 Å².